The molecule has 0 N–H and O–H groups in total. The molecule has 0 saturated heterocycles. The summed E-state index contributed by atoms with van der Waals surface area (Å²) in [7, 11) is 0. The molecule has 126 valence electrons. The zero-order chi connectivity index (χ0) is 18.1. The van der Waals surface area contributed by atoms with E-state index < -0.39 is 17.8 Å². The highest BCUT2D eigenvalue weighted by Crippen LogP contribution is 2.27. The summed E-state index contributed by atoms with van der Waals surface area (Å²) in [6.45, 7) is 0. The summed E-state index contributed by atoms with van der Waals surface area (Å²) in [6.07, 6.45) is 1.47. The number of para-hydroxylation sites is 1. The number of nitrogens with zero attached hydrogens (tertiary/aromatic N) is 2. The number of fused-ring (bicyclic) bond motifs is 1. The van der Waals surface area contributed by atoms with Crippen LogP contribution < -0.4 is 9.64 Å². The fourth-order valence-corrected chi connectivity index (χ4v) is 2.70. The maximum Gasteiger partial charge on any atom is 0.343 e. The molecule has 1 aliphatic heterocycles. The molecule has 26 heavy (non-hydrogen) atoms. The van der Waals surface area contributed by atoms with Crippen molar-refractivity contribution in [3.8, 4) is 5.75 Å². The van der Waals surface area contributed by atoms with Crippen molar-refractivity contribution in [2.45, 2.75) is 0 Å². The van der Waals surface area contributed by atoms with Gasteiger partial charge in [0.1, 0.15) is 11.4 Å². The Kier molecular flexibility index (Phi) is 3.78. The maximum atomic E-state index is 12.4. The molecule has 0 atom stereocenters. The summed E-state index contributed by atoms with van der Waals surface area (Å²) >= 11 is 0. The zero-order valence-corrected chi connectivity index (χ0v) is 13.5. The second-order valence-corrected chi connectivity index (χ2v) is 5.59. The molecule has 6 heteroatoms. The molecule has 0 bridgehead atoms. The van der Waals surface area contributed by atoms with Crippen molar-refractivity contribution >= 4 is 23.5 Å². The third-order valence-electron chi connectivity index (χ3n) is 3.96. The van der Waals surface area contributed by atoms with Gasteiger partial charge in [0.25, 0.3) is 11.8 Å². The minimum Gasteiger partial charge on any atom is -0.423 e. The monoisotopic (exact) mass is 344 g/mol. The second-order valence-electron chi connectivity index (χ2n) is 5.59. The van der Waals surface area contributed by atoms with Gasteiger partial charge in [-0.2, -0.15) is 0 Å². The number of anilines is 1. The van der Waals surface area contributed by atoms with Crippen LogP contribution in [0.5, 0.6) is 5.75 Å². The highest BCUT2D eigenvalue weighted by molar-refractivity contribution is 6.33. The Balaban J connectivity index is 1.56. The standard InChI is InChI=1S/C20H12N2O4/c23-18-16-7-4-12-21-17(16)19(24)22(18)14-10-8-13(9-11-14)20(25)26-15-5-2-1-3-6-15/h1-12H. The van der Waals surface area contributed by atoms with Crippen molar-refractivity contribution in [2.75, 3.05) is 4.90 Å². The SMILES string of the molecule is O=C(Oc1ccccc1)c1ccc(N2C(=O)c3cccnc3C2=O)cc1. The molecule has 0 saturated carbocycles. The maximum absolute atomic E-state index is 12.4. The molecule has 0 unspecified atom stereocenters. The second kappa shape index (κ2) is 6.25. The lowest BCUT2D eigenvalue weighted by Crippen LogP contribution is -2.29. The van der Waals surface area contributed by atoms with E-state index in [0.29, 0.717) is 17.0 Å². The fourth-order valence-electron chi connectivity index (χ4n) is 2.70. The molecule has 1 aliphatic rings. The Labute approximate surface area is 148 Å². The van der Waals surface area contributed by atoms with Crippen molar-refractivity contribution < 1.29 is 19.1 Å². The number of hydrogen-bond acceptors (Lipinski definition) is 5. The van der Waals surface area contributed by atoms with Crippen LogP contribution in [0.4, 0.5) is 5.69 Å². The number of ether oxygens (including phenoxy) is 1. The molecular formula is C20H12N2O4. The van der Waals surface area contributed by atoms with Crippen LogP contribution in [-0.4, -0.2) is 22.8 Å². The van der Waals surface area contributed by atoms with Gasteiger partial charge in [-0.3, -0.25) is 14.6 Å². The van der Waals surface area contributed by atoms with Crippen molar-refractivity contribution in [3.05, 3.63) is 89.7 Å². The Morgan fingerprint density at radius 1 is 0.846 bits per heavy atom. The Hall–Kier alpha value is -3.80. The van der Waals surface area contributed by atoms with Gasteiger partial charge in [0.2, 0.25) is 0 Å². The predicted molar refractivity (Wildman–Crippen MR) is 93.2 cm³/mol. The number of carbonyl (C=O) groups excluding carboxylic acids is 3. The Morgan fingerprint density at radius 2 is 1.58 bits per heavy atom. The van der Waals surface area contributed by atoms with Crippen LogP contribution in [0.15, 0.2) is 72.9 Å². The van der Waals surface area contributed by atoms with E-state index in [0.717, 1.165) is 4.90 Å². The van der Waals surface area contributed by atoms with Crippen LogP contribution in [0.1, 0.15) is 31.2 Å². The highest BCUT2D eigenvalue weighted by Gasteiger charge is 2.37. The van der Waals surface area contributed by atoms with Gasteiger partial charge >= 0.3 is 5.97 Å². The molecule has 2 heterocycles. The van der Waals surface area contributed by atoms with Crippen molar-refractivity contribution in [2.24, 2.45) is 0 Å². The summed E-state index contributed by atoms with van der Waals surface area (Å²) in [5.41, 5.74) is 1.08. The van der Waals surface area contributed by atoms with Crippen LogP contribution >= 0.6 is 0 Å². The van der Waals surface area contributed by atoms with Gasteiger partial charge in [-0.05, 0) is 48.5 Å². The number of esters is 1. The fraction of sp³-hybridized carbons (Fsp3) is 0. The molecule has 6 nitrogen and oxygen atoms in total. The Bertz CT molecular complexity index is 978. The van der Waals surface area contributed by atoms with Gasteiger partial charge < -0.3 is 4.74 Å². The highest BCUT2D eigenvalue weighted by atomic mass is 16.5. The number of imide groups is 1. The zero-order valence-electron chi connectivity index (χ0n) is 13.5. The number of aromatic nitrogens is 1. The van der Waals surface area contributed by atoms with E-state index in [1.54, 1.807) is 36.4 Å². The minimum atomic E-state index is -0.522. The van der Waals surface area contributed by atoms with Crippen molar-refractivity contribution in [1.82, 2.24) is 4.98 Å². The van der Waals surface area contributed by atoms with Crippen LogP contribution in [0.2, 0.25) is 0 Å². The van der Waals surface area contributed by atoms with Crippen LogP contribution in [0.3, 0.4) is 0 Å². The smallest absolute Gasteiger partial charge is 0.343 e. The molecule has 4 rings (SSSR count). The van der Waals surface area contributed by atoms with E-state index in [1.807, 2.05) is 6.07 Å². The lowest BCUT2D eigenvalue weighted by atomic mass is 10.2. The number of carbonyl (C=O) groups is 3. The third kappa shape index (κ3) is 2.63. The van der Waals surface area contributed by atoms with Gasteiger partial charge in [-0.25, -0.2) is 9.69 Å². The van der Waals surface area contributed by atoms with E-state index in [-0.39, 0.29) is 11.3 Å². The largest absolute Gasteiger partial charge is 0.423 e. The van der Waals surface area contributed by atoms with E-state index in [1.165, 1.54) is 30.5 Å². The van der Waals surface area contributed by atoms with Crippen molar-refractivity contribution in [1.29, 1.82) is 0 Å². The van der Waals surface area contributed by atoms with Gasteiger partial charge in [0, 0.05) is 6.20 Å². The molecule has 0 aliphatic carbocycles. The topological polar surface area (TPSA) is 76.6 Å². The summed E-state index contributed by atoms with van der Waals surface area (Å²) < 4.78 is 5.26. The van der Waals surface area contributed by atoms with Gasteiger partial charge in [-0.15, -0.1) is 0 Å². The summed E-state index contributed by atoms with van der Waals surface area (Å²) in [5, 5.41) is 0. The molecular weight excluding hydrogens is 332 g/mol. The normalized spacial score (nSPS) is 12.8. The lowest BCUT2D eigenvalue weighted by Gasteiger charge is -2.13. The van der Waals surface area contributed by atoms with E-state index in [9.17, 15) is 14.4 Å². The predicted octanol–water partition coefficient (Wildman–Crippen LogP) is 3.10. The average Bonchev–Trinajstić information content (AvgIpc) is 2.94. The van der Waals surface area contributed by atoms with E-state index in [4.69, 9.17) is 4.74 Å². The molecule has 2 aromatic carbocycles. The van der Waals surface area contributed by atoms with Gasteiger partial charge in [0.15, 0.2) is 0 Å². The molecule has 2 amide bonds. The number of rotatable bonds is 3. The molecule has 1 aromatic heterocycles. The average molecular weight is 344 g/mol. The molecule has 0 fully saturated rings. The lowest BCUT2D eigenvalue weighted by molar-refractivity contribution is 0.0734. The van der Waals surface area contributed by atoms with Crippen LogP contribution in [-0.2, 0) is 0 Å². The van der Waals surface area contributed by atoms with Crippen LogP contribution in [0, 0.1) is 0 Å². The molecule has 3 aromatic rings. The Morgan fingerprint density at radius 3 is 2.27 bits per heavy atom. The number of benzene rings is 2. The quantitative estimate of drug-likeness (QED) is 0.414. The van der Waals surface area contributed by atoms with Gasteiger partial charge in [0.05, 0.1) is 16.8 Å². The first-order valence-corrected chi connectivity index (χ1v) is 7.86. The molecule has 0 radical (unpaired) electrons. The molecule has 0 spiro atoms. The first-order chi connectivity index (χ1) is 12.6. The van der Waals surface area contributed by atoms with E-state index in [2.05, 4.69) is 4.98 Å². The van der Waals surface area contributed by atoms with Crippen LogP contribution in [0.25, 0.3) is 0 Å². The minimum absolute atomic E-state index is 0.130. The first-order valence-electron chi connectivity index (χ1n) is 7.86. The summed E-state index contributed by atoms with van der Waals surface area (Å²) in [5.74, 6) is -0.997. The first kappa shape index (κ1) is 15.7. The third-order valence-corrected chi connectivity index (χ3v) is 3.96. The van der Waals surface area contributed by atoms with Crippen molar-refractivity contribution in [3.63, 3.8) is 0 Å². The number of pyridine rings is 1. The number of hydrogen-bond donors (Lipinski definition) is 0. The number of amides is 2. The summed E-state index contributed by atoms with van der Waals surface area (Å²) in [6, 6.07) is 18.0. The van der Waals surface area contributed by atoms with E-state index >= 15 is 0 Å². The summed E-state index contributed by atoms with van der Waals surface area (Å²) in [4.78, 5) is 42.1. The van der Waals surface area contributed by atoms with Gasteiger partial charge in [-0.1, -0.05) is 18.2 Å².